The third-order valence-corrected chi connectivity index (χ3v) is 4.82. The van der Waals surface area contributed by atoms with Crippen molar-refractivity contribution in [2.45, 2.75) is 26.9 Å². The van der Waals surface area contributed by atoms with E-state index in [1.165, 1.54) is 11.1 Å². The van der Waals surface area contributed by atoms with Crippen LogP contribution in [0.15, 0.2) is 66.9 Å². The van der Waals surface area contributed by atoms with E-state index in [1.54, 1.807) is 13.3 Å². The van der Waals surface area contributed by atoms with E-state index in [1.807, 2.05) is 43.3 Å². The number of pyridine rings is 1. The van der Waals surface area contributed by atoms with Gasteiger partial charge in [-0.15, -0.1) is 0 Å². The molecule has 0 saturated heterocycles. The predicted molar refractivity (Wildman–Crippen MR) is 119 cm³/mol. The molecular weight excluding hydrogens is 366 g/mol. The summed E-state index contributed by atoms with van der Waals surface area (Å²) in [5.74, 6) is 0.774. The molecule has 2 aromatic carbocycles. The Labute approximate surface area is 172 Å². The topological polar surface area (TPSA) is 37.4 Å². The van der Waals surface area contributed by atoms with Crippen LogP contribution in [-0.2, 0) is 13.1 Å². The zero-order chi connectivity index (χ0) is 19.9. The highest BCUT2D eigenvalue weighted by Gasteiger charge is 2.14. The molecule has 1 N–H and O–H groups in total. The maximum absolute atomic E-state index is 5.75. The maximum atomic E-state index is 5.75. The number of thiocarbonyl (C=S) groups is 1. The number of anilines is 1. The van der Waals surface area contributed by atoms with Crippen LogP contribution in [0.2, 0.25) is 0 Å². The zero-order valence-electron chi connectivity index (χ0n) is 16.5. The first kappa shape index (κ1) is 19.8. The molecule has 0 aliphatic carbocycles. The summed E-state index contributed by atoms with van der Waals surface area (Å²) in [4.78, 5) is 6.57. The Bertz CT molecular complexity index is 926. The van der Waals surface area contributed by atoms with E-state index in [-0.39, 0.29) is 0 Å². The lowest BCUT2D eigenvalue weighted by Crippen LogP contribution is -2.34. The van der Waals surface area contributed by atoms with Gasteiger partial charge in [0.25, 0.3) is 0 Å². The second-order valence-corrected chi connectivity index (χ2v) is 7.18. The number of nitrogens with zero attached hydrogens (tertiary/aromatic N) is 2. The first-order valence-corrected chi connectivity index (χ1v) is 9.62. The van der Waals surface area contributed by atoms with Crippen LogP contribution in [0, 0.1) is 13.8 Å². The highest BCUT2D eigenvalue weighted by molar-refractivity contribution is 7.80. The largest absolute Gasteiger partial charge is 0.495 e. The third-order valence-electron chi connectivity index (χ3n) is 4.46. The highest BCUT2D eigenvalue weighted by atomic mass is 32.1. The van der Waals surface area contributed by atoms with Gasteiger partial charge in [-0.1, -0.05) is 42.0 Å². The molecular formula is C23H25N3OS. The molecule has 4 nitrogen and oxygen atoms in total. The molecule has 0 radical (unpaired) electrons. The highest BCUT2D eigenvalue weighted by Crippen LogP contribution is 2.26. The molecule has 0 spiro atoms. The molecule has 0 aliphatic rings. The Balaban J connectivity index is 1.82. The Hall–Kier alpha value is -2.92. The number of hydrogen-bond acceptors (Lipinski definition) is 3. The van der Waals surface area contributed by atoms with E-state index in [9.17, 15) is 0 Å². The van der Waals surface area contributed by atoms with Crippen LogP contribution >= 0.6 is 12.2 Å². The summed E-state index contributed by atoms with van der Waals surface area (Å²) in [7, 11) is 1.67. The van der Waals surface area contributed by atoms with Gasteiger partial charge < -0.3 is 15.0 Å². The van der Waals surface area contributed by atoms with Crippen LogP contribution in [0.4, 0.5) is 5.69 Å². The summed E-state index contributed by atoms with van der Waals surface area (Å²) in [6.07, 6.45) is 1.80. The van der Waals surface area contributed by atoms with Gasteiger partial charge >= 0.3 is 0 Å². The molecule has 3 rings (SSSR count). The van der Waals surface area contributed by atoms with Crippen LogP contribution < -0.4 is 10.1 Å². The summed E-state index contributed by atoms with van der Waals surface area (Å²) in [6.45, 7) is 5.44. The molecule has 0 saturated carbocycles. The average Bonchev–Trinajstić information content (AvgIpc) is 2.71. The lowest BCUT2D eigenvalue weighted by Gasteiger charge is -2.26. The van der Waals surface area contributed by atoms with Crippen LogP contribution in [0.5, 0.6) is 5.75 Å². The molecule has 0 bridgehead atoms. The van der Waals surface area contributed by atoms with Crippen molar-refractivity contribution in [3.8, 4) is 5.75 Å². The number of methoxy groups -OCH3 is 1. The van der Waals surface area contributed by atoms with Gasteiger partial charge in [-0.05, 0) is 61.5 Å². The van der Waals surface area contributed by atoms with E-state index >= 15 is 0 Å². The minimum atomic E-state index is 0.620. The standard InChI is InChI=1S/C23H25N3OS/c1-17-7-10-19(11-8-17)15-26(16-20-6-4-5-13-24-20)23(28)25-21-12-9-18(2)14-22(21)27-3/h4-14H,15-16H2,1-3H3,(H,25,28). The average molecular weight is 392 g/mol. The minimum Gasteiger partial charge on any atom is -0.495 e. The molecule has 0 aliphatic heterocycles. The quantitative estimate of drug-likeness (QED) is 0.591. The Kier molecular flexibility index (Phi) is 6.61. The van der Waals surface area contributed by atoms with E-state index in [0.717, 1.165) is 22.7 Å². The SMILES string of the molecule is COc1cc(C)ccc1NC(=S)N(Cc1ccc(C)cc1)Cc1ccccn1. The fraction of sp³-hybridized carbons (Fsp3) is 0.217. The van der Waals surface area contributed by atoms with Gasteiger partial charge in [-0.3, -0.25) is 4.98 Å². The van der Waals surface area contributed by atoms with Crippen LogP contribution in [0.25, 0.3) is 0 Å². The minimum absolute atomic E-state index is 0.620. The smallest absolute Gasteiger partial charge is 0.174 e. The normalized spacial score (nSPS) is 10.4. The zero-order valence-corrected chi connectivity index (χ0v) is 17.3. The van der Waals surface area contributed by atoms with Gasteiger partial charge in [0, 0.05) is 12.7 Å². The lowest BCUT2D eigenvalue weighted by atomic mass is 10.1. The van der Waals surface area contributed by atoms with E-state index < -0.39 is 0 Å². The Morgan fingerprint density at radius 3 is 2.43 bits per heavy atom. The Morgan fingerprint density at radius 1 is 1.00 bits per heavy atom. The van der Waals surface area contributed by atoms with E-state index in [0.29, 0.717) is 18.2 Å². The number of ether oxygens (including phenoxy) is 1. The first-order valence-electron chi connectivity index (χ1n) is 9.21. The second-order valence-electron chi connectivity index (χ2n) is 6.80. The van der Waals surface area contributed by atoms with Gasteiger partial charge in [-0.2, -0.15) is 0 Å². The molecule has 1 heterocycles. The molecule has 0 amide bonds. The van der Waals surface area contributed by atoms with Crippen molar-refractivity contribution in [2.24, 2.45) is 0 Å². The van der Waals surface area contributed by atoms with E-state index in [4.69, 9.17) is 17.0 Å². The molecule has 0 atom stereocenters. The van der Waals surface area contributed by atoms with Crippen LogP contribution in [0.3, 0.4) is 0 Å². The second kappa shape index (κ2) is 9.33. The molecule has 3 aromatic rings. The lowest BCUT2D eigenvalue weighted by molar-refractivity contribution is 0.405. The number of aromatic nitrogens is 1. The van der Waals surface area contributed by atoms with Crippen molar-refractivity contribution in [3.05, 3.63) is 89.2 Å². The monoisotopic (exact) mass is 391 g/mol. The third kappa shape index (κ3) is 5.30. The van der Waals surface area contributed by atoms with Crippen molar-refractivity contribution in [2.75, 3.05) is 12.4 Å². The van der Waals surface area contributed by atoms with Gasteiger partial charge in [0.1, 0.15) is 5.75 Å². The summed E-state index contributed by atoms with van der Waals surface area (Å²) in [6, 6.07) is 20.5. The van der Waals surface area contributed by atoms with Gasteiger partial charge in [-0.25, -0.2) is 0 Å². The van der Waals surface area contributed by atoms with E-state index in [2.05, 4.69) is 46.4 Å². The van der Waals surface area contributed by atoms with Gasteiger partial charge in [0.15, 0.2) is 5.11 Å². The van der Waals surface area contributed by atoms with Crippen molar-refractivity contribution in [1.82, 2.24) is 9.88 Å². The first-order chi connectivity index (χ1) is 13.5. The number of nitrogens with one attached hydrogen (secondary N) is 1. The summed E-state index contributed by atoms with van der Waals surface area (Å²) in [5, 5.41) is 3.98. The van der Waals surface area contributed by atoms with Gasteiger partial charge in [0.2, 0.25) is 0 Å². The van der Waals surface area contributed by atoms with Crippen molar-refractivity contribution >= 4 is 23.0 Å². The molecule has 144 valence electrons. The van der Waals surface area contributed by atoms with Crippen LogP contribution in [-0.4, -0.2) is 22.1 Å². The fourth-order valence-electron chi connectivity index (χ4n) is 2.90. The molecule has 0 fully saturated rings. The number of benzene rings is 2. The van der Waals surface area contributed by atoms with Gasteiger partial charge in [0.05, 0.1) is 25.0 Å². The molecule has 1 aromatic heterocycles. The van der Waals surface area contributed by atoms with Crippen molar-refractivity contribution in [1.29, 1.82) is 0 Å². The molecule has 28 heavy (non-hydrogen) atoms. The molecule has 0 unspecified atom stereocenters. The number of hydrogen-bond donors (Lipinski definition) is 1. The summed E-state index contributed by atoms with van der Waals surface area (Å²) in [5.41, 5.74) is 5.40. The maximum Gasteiger partial charge on any atom is 0.174 e. The van der Waals surface area contributed by atoms with Crippen molar-refractivity contribution in [3.63, 3.8) is 0 Å². The predicted octanol–water partition coefficient (Wildman–Crippen LogP) is 5.11. The number of aryl methyl sites for hydroxylation is 2. The number of rotatable bonds is 6. The Morgan fingerprint density at radius 2 is 1.75 bits per heavy atom. The summed E-state index contributed by atoms with van der Waals surface area (Å²) < 4.78 is 5.50. The van der Waals surface area contributed by atoms with Crippen LogP contribution in [0.1, 0.15) is 22.4 Å². The van der Waals surface area contributed by atoms with Crippen molar-refractivity contribution < 1.29 is 4.74 Å². The summed E-state index contributed by atoms with van der Waals surface area (Å²) >= 11 is 5.75. The fourth-order valence-corrected chi connectivity index (χ4v) is 3.14. The molecule has 5 heteroatoms.